The van der Waals surface area contributed by atoms with Crippen molar-refractivity contribution in [1.29, 1.82) is 0 Å². The summed E-state index contributed by atoms with van der Waals surface area (Å²) in [4.78, 5) is 55.1. The normalized spacial score (nSPS) is 30.2. The molecule has 4 aliphatic rings. The van der Waals surface area contributed by atoms with Crippen molar-refractivity contribution in [1.82, 2.24) is 9.88 Å². The van der Waals surface area contributed by atoms with E-state index in [1.807, 2.05) is 6.08 Å². The number of aromatic amines is 1. The van der Waals surface area contributed by atoms with Gasteiger partial charge in [0.2, 0.25) is 17.7 Å². The Hall–Kier alpha value is -2.72. The fraction of sp³-hybridized carbons (Fsp3) is 0.333. The SMILES string of the molecule is O=C(CN1C(=O)[C@@H]2[C@@H](C1=O)[C@H]1C[C@@H]2C2=Cc3sc(=O)[nH]c3S[C@H]21)Nc1ccc(F)cc1. The molecule has 0 radical (unpaired) electrons. The van der Waals surface area contributed by atoms with E-state index in [0.29, 0.717) is 5.69 Å². The summed E-state index contributed by atoms with van der Waals surface area (Å²) in [5.41, 5.74) is 1.54. The zero-order valence-electron chi connectivity index (χ0n) is 16.0. The molecule has 1 saturated heterocycles. The van der Waals surface area contributed by atoms with E-state index in [1.165, 1.54) is 24.3 Å². The van der Waals surface area contributed by atoms with Gasteiger partial charge in [0, 0.05) is 10.9 Å². The molecule has 31 heavy (non-hydrogen) atoms. The lowest BCUT2D eigenvalue weighted by Gasteiger charge is -2.32. The van der Waals surface area contributed by atoms with E-state index in [-0.39, 0.29) is 40.3 Å². The third-order valence-corrected chi connectivity index (χ3v) is 9.06. The fourth-order valence-electron chi connectivity index (χ4n) is 5.51. The van der Waals surface area contributed by atoms with Crippen molar-refractivity contribution < 1.29 is 18.8 Å². The number of benzene rings is 1. The minimum atomic E-state index is -0.494. The largest absolute Gasteiger partial charge is 0.325 e. The molecule has 7 nitrogen and oxygen atoms in total. The van der Waals surface area contributed by atoms with Crippen LogP contribution in [-0.2, 0) is 14.4 Å². The van der Waals surface area contributed by atoms with Crippen molar-refractivity contribution in [3.8, 4) is 0 Å². The molecule has 0 spiro atoms. The number of carbonyl (C=O) groups is 3. The van der Waals surface area contributed by atoms with Gasteiger partial charge in [-0.05, 0) is 48.6 Å². The minimum absolute atomic E-state index is 0.0180. The van der Waals surface area contributed by atoms with Gasteiger partial charge in [0.15, 0.2) is 0 Å². The maximum atomic E-state index is 13.1. The maximum absolute atomic E-state index is 13.1. The molecule has 2 N–H and O–H groups in total. The zero-order chi connectivity index (χ0) is 21.4. The Balaban J connectivity index is 1.23. The van der Waals surface area contributed by atoms with Crippen molar-refractivity contribution in [2.75, 3.05) is 11.9 Å². The number of aromatic nitrogens is 1. The average Bonchev–Trinajstić information content (AvgIpc) is 3.45. The van der Waals surface area contributed by atoms with Crippen LogP contribution in [0, 0.1) is 29.5 Å². The lowest BCUT2D eigenvalue weighted by molar-refractivity contribution is -0.143. The maximum Gasteiger partial charge on any atom is 0.305 e. The Morgan fingerprint density at radius 2 is 1.90 bits per heavy atom. The summed E-state index contributed by atoms with van der Waals surface area (Å²) in [6.07, 6.45) is 2.80. The van der Waals surface area contributed by atoms with E-state index < -0.39 is 23.6 Å². The summed E-state index contributed by atoms with van der Waals surface area (Å²) in [5, 5.41) is 3.52. The molecule has 2 aliphatic heterocycles. The van der Waals surface area contributed by atoms with Gasteiger partial charge in [-0.15, -0.1) is 0 Å². The topological polar surface area (TPSA) is 99.3 Å². The quantitative estimate of drug-likeness (QED) is 0.690. The first-order valence-electron chi connectivity index (χ1n) is 9.92. The Bertz CT molecular complexity index is 1230. The van der Waals surface area contributed by atoms with Crippen LogP contribution in [0.15, 0.2) is 39.7 Å². The van der Waals surface area contributed by atoms with E-state index in [2.05, 4.69) is 10.3 Å². The van der Waals surface area contributed by atoms with Crippen molar-refractivity contribution >= 4 is 52.6 Å². The number of halogens is 1. The second kappa shape index (κ2) is 6.64. The number of thiazole rings is 1. The minimum Gasteiger partial charge on any atom is -0.325 e. The van der Waals surface area contributed by atoms with Crippen LogP contribution in [-0.4, -0.2) is 39.4 Å². The Morgan fingerprint density at radius 1 is 1.16 bits per heavy atom. The number of imide groups is 1. The average molecular weight is 458 g/mol. The smallest absolute Gasteiger partial charge is 0.305 e. The van der Waals surface area contributed by atoms with Crippen LogP contribution in [0.2, 0.25) is 0 Å². The van der Waals surface area contributed by atoms with Gasteiger partial charge in [0.05, 0.1) is 21.7 Å². The van der Waals surface area contributed by atoms with Crippen molar-refractivity contribution in [3.05, 3.63) is 50.2 Å². The van der Waals surface area contributed by atoms with Gasteiger partial charge < -0.3 is 10.3 Å². The molecule has 1 aromatic carbocycles. The van der Waals surface area contributed by atoms with Gasteiger partial charge in [-0.25, -0.2) is 4.39 Å². The summed E-state index contributed by atoms with van der Waals surface area (Å²) in [6.45, 7) is -0.348. The highest BCUT2D eigenvalue weighted by Crippen LogP contribution is 2.64. The molecule has 2 saturated carbocycles. The summed E-state index contributed by atoms with van der Waals surface area (Å²) in [5.74, 6) is -2.36. The van der Waals surface area contributed by atoms with Crippen LogP contribution >= 0.6 is 23.1 Å². The molecule has 1 aromatic heterocycles. The second-order valence-electron chi connectivity index (χ2n) is 8.27. The number of rotatable bonds is 3. The number of likely N-dealkylation sites (tertiary alicyclic amines) is 1. The van der Waals surface area contributed by atoms with Crippen molar-refractivity contribution in [2.24, 2.45) is 23.7 Å². The Kier molecular flexibility index (Phi) is 4.07. The number of anilines is 1. The molecular formula is C21H16FN3O4S2. The molecule has 2 bridgehead atoms. The third-order valence-electron chi connectivity index (χ3n) is 6.67. The molecule has 3 fully saturated rings. The van der Waals surface area contributed by atoms with E-state index in [0.717, 1.165) is 38.1 Å². The van der Waals surface area contributed by atoms with Crippen LogP contribution in [0.3, 0.4) is 0 Å². The van der Waals surface area contributed by atoms with E-state index in [9.17, 15) is 23.6 Å². The Morgan fingerprint density at radius 3 is 2.68 bits per heavy atom. The summed E-state index contributed by atoms with van der Waals surface area (Å²) in [6, 6.07) is 5.30. The molecule has 2 aliphatic carbocycles. The molecule has 3 heterocycles. The van der Waals surface area contributed by atoms with E-state index >= 15 is 0 Å². The lowest BCUT2D eigenvalue weighted by Crippen LogP contribution is -2.39. The van der Waals surface area contributed by atoms with Gasteiger partial charge in [-0.2, -0.15) is 0 Å². The molecular weight excluding hydrogens is 441 g/mol. The number of H-pyrrole nitrogens is 1. The van der Waals surface area contributed by atoms with Crippen LogP contribution in [0.25, 0.3) is 6.08 Å². The van der Waals surface area contributed by atoms with Crippen LogP contribution in [0.4, 0.5) is 10.1 Å². The van der Waals surface area contributed by atoms with Gasteiger partial charge >= 0.3 is 4.87 Å². The second-order valence-corrected chi connectivity index (χ2v) is 10.4. The first kappa shape index (κ1) is 19.0. The molecule has 0 unspecified atom stereocenters. The first-order valence-corrected chi connectivity index (χ1v) is 11.6. The fourth-order valence-corrected chi connectivity index (χ4v) is 7.95. The van der Waals surface area contributed by atoms with Crippen molar-refractivity contribution in [2.45, 2.75) is 16.7 Å². The molecule has 5 atom stereocenters. The molecule has 3 amide bonds. The monoisotopic (exact) mass is 457 g/mol. The van der Waals surface area contributed by atoms with Gasteiger partial charge in [-0.3, -0.25) is 24.1 Å². The number of amides is 3. The van der Waals surface area contributed by atoms with Crippen LogP contribution in [0.5, 0.6) is 0 Å². The zero-order valence-corrected chi connectivity index (χ0v) is 17.6. The highest BCUT2D eigenvalue weighted by Gasteiger charge is 2.66. The van der Waals surface area contributed by atoms with Gasteiger partial charge in [0.25, 0.3) is 0 Å². The third kappa shape index (κ3) is 2.77. The predicted molar refractivity (Wildman–Crippen MR) is 113 cm³/mol. The van der Waals surface area contributed by atoms with Gasteiger partial charge in [-0.1, -0.05) is 28.7 Å². The number of thioether (sulfide) groups is 1. The van der Waals surface area contributed by atoms with Gasteiger partial charge in [0.1, 0.15) is 12.4 Å². The number of hydrogen-bond acceptors (Lipinski definition) is 6. The molecule has 10 heteroatoms. The number of fused-ring (bicyclic) bond motifs is 9. The summed E-state index contributed by atoms with van der Waals surface area (Å²) in [7, 11) is 0. The lowest BCUT2D eigenvalue weighted by atomic mass is 9.77. The van der Waals surface area contributed by atoms with Crippen molar-refractivity contribution in [3.63, 3.8) is 0 Å². The predicted octanol–water partition coefficient (Wildman–Crippen LogP) is 2.32. The van der Waals surface area contributed by atoms with Crippen LogP contribution < -0.4 is 10.2 Å². The summed E-state index contributed by atoms with van der Waals surface area (Å²) >= 11 is 2.73. The Labute approximate surface area is 183 Å². The number of carbonyl (C=O) groups excluding carboxylic acids is 3. The highest BCUT2D eigenvalue weighted by molar-refractivity contribution is 8.00. The van der Waals surface area contributed by atoms with E-state index in [1.54, 1.807) is 11.8 Å². The molecule has 6 rings (SSSR count). The highest BCUT2D eigenvalue weighted by atomic mass is 32.2. The van der Waals surface area contributed by atoms with Crippen LogP contribution in [0.1, 0.15) is 11.3 Å². The number of hydrogen-bond donors (Lipinski definition) is 2. The standard InChI is InChI=1S/C21H16FN3O4S2/c22-8-1-3-9(4-2-8)23-14(26)7-25-19(27)15-10-5-12(16(15)20(25)28)17-11(10)6-13-18(31-17)24-21(29)30-13/h1-4,6,10,12,15-17H,5,7H2,(H,23,26)(H,24,29)/t10-,12-,15+,16+,17-/m1/s1. The number of nitrogens with one attached hydrogen (secondary N) is 2. The molecule has 2 aromatic rings. The first-order chi connectivity index (χ1) is 14.9. The molecule has 158 valence electrons. The number of nitrogens with zero attached hydrogens (tertiary/aromatic N) is 1. The van der Waals surface area contributed by atoms with E-state index in [4.69, 9.17) is 0 Å². The summed E-state index contributed by atoms with van der Waals surface area (Å²) < 4.78 is 13.0.